The summed E-state index contributed by atoms with van der Waals surface area (Å²) in [6.07, 6.45) is 1.58. The van der Waals surface area contributed by atoms with Crippen LogP contribution in [0.1, 0.15) is 81.2 Å². The third kappa shape index (κ3) is 7.27. The van der Waals surface area contributed by atoms with Crippen molar-refractivity contribution in [2.45, 2.75) is 64.8 Å². The molecule has 0 bridgehead atoms. The van der Waals surface area contributed by atoms with Crippen LogP contribution in [0.15, 0.2) is 126 Å². The van der Waals surface area contributed by atoms with Crippen LogP contribution < -0.4 is 19.3 Å². The van der Waals surface area contributed by atoms with Gasteiger partial charge >= 0.3 is 17.8 Å². The highest BCUT2D eigenvalue weighted by molar-refractivity contribution is 7.16. The molecule has 0 saturated carbocycles. The molecule has 10 rings (SSSR count). The molecule has 4 heterocycles. The zero-order chi connectivity index (χ0) is 51.1. The van der Waals surface area contributed by atoms with Crippen molar-refractivity contribution in [3.63, 3.8) is 0 Å². The summed E-state index contributed by atoms with van der Waals surface area (Å²) >= 11 is 2.09. The van der Waals surface area contributed by atoms with Crippen molar-refractivity contribution in [3.8, 4) is 38.1 Å². The molecular formula is C57H50F6N4O3S2. The number of methoxy groups -OCH3 is 1. The number of allylic oxidation sites excluding steroid dienone is 2. The summed E-state index contributed by atoms with van der Waals surface area (Å²) in [5.41, 5.74) is 1.62. The van der Waals surface area contributed by atoms with Crippen LogP contribution in [0.4, 0.5) is 37.7 Å². The first kappa shape index (κ1) is 48.8. The highest BCUT2D eigenvalue weighted by Gasteiger charge is 2.80. The molecule has 1 aliphatic carbocycles. The smallest absolute Gasteiger partial charge is 0.380 e. The first-order valence-electron chi connectivity index (χ1n) is 23.8. The van der Waals surface area contributed by atoms with Crippen LogP contribution in [-0.4, -0.2) is 68.2 Å². The van der Waals surface area contributed by atoms with Gasteiger partial charge in [0, 0.05) is 103 Å². The number of carbonyl (C=O) groups is 1. The number of hydrazone groups is 1. The Balaban J connectivity index is 1.04. The summed E-state index contributed by atoms with van der Waals surface area (Å²) < 4.78 is 107. The monoisotopic (exact) mass is 1020 g/mol. The fourth-order valence-corrected chi connectivity index (χ4v) is 12.5. The molecule has 0 atom stereocenters. The summed E-state index contributed by atoms with van der Waals surface area (Å²) in [4.78, 5) is 20.4. The van der Waals surface area contributed by atoms with Crippen molar-refractivity contribution < 1.29 is 40.6 Å². The number of hydrogen-bond donors (Lipinski definition) is 0. The number of fused-ring (bicyclic) bond motifs is 6. The summed E-state index contributed by atoms with van der Waals surface area (Å²) in [6.45, 7) is 14.4. The Morgan fingerprint density at radius 3 is 1.56 bits per heavy atom. The van der Waals surface area contributed by atoms with Gasteiger partial charge in [0.05, 0.1) is 13.3 Å². The maximum Gasteiger partial charge on any atom is 0.380 e. The lowest BCUT2D eigenvalue weighted by molar-refractivity contribution is -0.254. The van der Waals surface area contributed by atoms with Gasteiger partial charge in [0.25, 0.3) is 5.91 Å². The lowest BCUT2D eigenvalue weighted by Gasteiger charge is -2.42. The van der Waals surface area contributed by atoms with Gasteiger partial charge in [-0.15, -0.1) is 22.7 Å². The summed E-state index contributed by atoms with van der Waals surface area (Å²) in [6, 6.07) is 35.8. The van der Waals surface area contributed by atoms with Crippen LogP contribution in [0.2, 0.25) is 0 Å². The highest BCUT2D eigenvalue weighted by atomic mass is 32.1. The second-order valence-electron chi connectivity index (χ2n) is 17.9. The molecule has 0 radical (unpaired) electrons. The number of halogens is 6. The zero-order valence-electron chi connectivity index (χ0n) is 40.6. The molecule has 7 aromatic rings. The second-order valence-corrected chi connectivity index (χ2v) is 20.4. The minimum absolute atomic E-state index is 0.169. The van der Waals surface area contributed by atoms with Crippen LogP contribution in [0.3, 0.4) is 0 Å². The van der Waals surface area contributed by atoms with Gasteiger partial charge in [-0.05, 0) is 124 Å². The number of rotatable bonds is 13. The number of carbonyl (C=O) groups excluding carboxylic acids is 1. The molecule has 2 aromatic heterocycles. The maximum absolute atomic E-state index is 16.1. The molecule has 3 aliphatic rings. The average Bonchev–Trinajstić information content (AvgIpc) is 4.05. The lowest BCUT2D eigenvalue weighted by atomic mass is 9.75. The summed E-state index contributed by atoms with van der Waals surface area (Å²) in [5.74, 6) is -14.7. The Morgan fingerprint density at radius 1 is 0.611 bits per heavy atom. The first-order chi connectivity index (χ1) is 34.5. The molecule has 0 fully saturated rings. The van der Waals surface area contributed by atoms with Gasteiger partial charge in [-0.1, -0.05) is 54.6 Å². The molecule has 1 amide bonds. The standard InChI is InChI=1S/C57H50F6N4O3S2/c1-8-65(9-2)38-22-26-45-47(28-38)70-48-29-39(66(10-3)11-4)23-27-46(48)54(45)44-15-13-12-14-41(44)53(68)67(54)64-32-35-16-18-36(19-17-35)49-30-42(33(5)71-49)51-52(56(60,61)57(62,63)55(51,58)59)43-31-50(72-34(43)6)37-20-24-40(69-7)25-21-37/h12-32H,8-11H2,1-7H3/b64-32+. The van der Waals surface area contributed by atoms with Crippen molar-refractivity contribution in [3.05, 3.63) is 170 Å². The van der Waals surface area contributed by atoms with Gasteiger partial charge in [0.2, 0.25) is 0 Å². The van der Waals surface area contributed by atoms with E-state index in [9.17, 15) is 4.79 Å². The van der Waals surface area contributed by atoms with Gasteiger partial charge < -0.3 is 19.3 Å². The van der Waals surface area contributed by atoms with Gasteiger partial charge in [-0.25, -0.2) is 5.01 Å². The molecule has 5 aromatic carbocycles. The highest BCUT2D eigenvalue weighted by Crippen LogP contribution is 2.66. The molecule has 15 heteroatoms. The van der Waals surface area contributed by atoms with E-state index in [4.69, 9.17) is 14.6 Å². The number of amides is 1. The molecule has 0 saturated heterocycles. The van der Waals surface area contributed by atoms with E-state index in [1.165, 1.54) is 38.1 Å². The number of ether oxygens (including phenoxy) is 2. The van der Waals surface area contributed by atoms with Gasteiger partial charge in [0.15, 0.2) is 0 Å². The topological polar surface area (TPSA) is 57.6 Å². The van der Waals surface area contributed by atoms with E-state index in [1.807, 2.05) is 54.6 Å². The van der Waals surface area contributed by atoms with Crippen LogP contribution in [-0.2, 0) is 5.54 Å². The molecule has 2 aliphatic heterocycles. The molecule has 0 unspecified atom stereocenters. The summed E-state index contributed by atoms with van der Waals surface area (Å²) in [7, 11) is 1.49. The molecule has 7 nitrogen and oxygen atoms in total. The Bertz CT molecular complexity index is 3260. The molecule has 0 N–H and O–H groups in total. The average molecular weight is 1020 g/mol. The minimum Gasteiger partial charge on any atom is -0.497 e. The first-order valence-corrected chi connectivity index (χ1v) is 25.4. The van der Waals surface area contributed by atoms with E-state index >= 15 is 26.3 Å². The predicted octanol–water partition coefficient (Wildman–Crippen LogP) is 15.2. The zero-order valence-corrected chi connectivity index (χ0v) is 42.2. The third-order valence-electron chi connectivity index (χ3n) is 14.2. The molecular weight excluding hydrogens is 967 g/mol. The van der Waals surface area contributed by atoms with Crippen molar-refractivity contribution in [2.24, 2.45) is 5.10 Å². The molecule has 1 spiro atoms. The number of hydrogen-bond acceptors (Lipinski definition) is 8. The second kappa shape index (κ2) is 18.0. The van der Waals surface area contributed by atoms with Crippen molar-refractivity contribution in [2.75, 3.05) is 43.1 Å². The van der Waals surface area contributed by atoms with E-state index in [0.29, 0.717) is 49.3 Å². The van der Waals surface area contributed by atoms with E-state index in [1.54, 1.807) is 60.8 Å². The Hall–Kier alpha value is -6.84. The van der Waals surface area contributed by atoms with Crippen LogP contribution in [0.5, 0.6) is 17.2 Å². The number of aryl methyl sites for hydroxylation is 2. The van der Waals surface area contributed by atoms with Crippen molar-refractivity contribution in [1.82, 2.24) is 5.01 Å². The van der Waals surface area contributed by atoms with Crippen LogP contribution in [0, 0.1) is 13.8 Å². The van der Waals surface area contributed by atoms with E-state index in [2.05, 4.69) is 37.5 Å². The normalized spacial score (nSPS) is 16.8. The number of thiophene rings is 2. The van der Waals surface area contributed by atoms with E-state index in [-0.39, 0.29) is 26.8 Å². The molecule has 72 heavy (non-hydrogen) atoms. The maximum atomic E-state index is 16.1. The third-order valence-corrected chi connectivity index (χ3v) is 16.4. The van der Waals surface area contributed by atoms with Crippen molar-refractivity contribution in [1.29, 1.82) is 0 Å². The number of nitrogens with zero attached hydrogens (tertiary/aromatic N) is 4. The van der Waals surface area contributed by atoms with E-state index in [0.717, 1.165) is 76.9 Å². The molecule has 370 valence electrons. The summed E-state index contributed by atoms with van der Waals surface area (Å²) in [5, 5.41) is 6.50. The van der Waals surface area contributed by atoms with Gasteiger partial charge in [0.1, 0.15) is 22.8 Å². The van der Waals surface area contributed by atoms with E-state index < -0.39 is 34.5 Å². The number of anilines is 2. The number of alkyl halides is 6. The fourth-order valence-electron chi connectivity index (χ4n) is 10.4. The Labute approximate surface area is 422 Å². The van der Waals surface area contributed by atoms with Gasteiger partial charge in [-0.2, -0.15) is 31.4 Å². The lowest BCUT2D eigenvalue weighted by Crippen LogP contribution is -2.48. The fraction of sp³-hybridized carbons (Fsp3) is 0.263. The minimum atomic E-state index is -5.71. The number of benzene rings is 5. The van der Waals surface area contributed by atoms with Crippen LogP contribution in [0.25, 0.3) is 32.0 Å². The quantitative estimate of drug-likeness (QED) is 0.0851. The van der Waals surface area contributed by atoms with Crippen LogP contribution >= 0.6 is 22.7 Å². The predicted molar refractivity (Wildman–Crippen MR) is 277 cm³/mol. The SMILES string of the molecule is CCN(CC)c1ccc2c(c1)Oc1cc(N(CC)CC)ccc1C21c2ccccc2C(=O)N1/N=C/c1ccc(-c2cc(C3=C(c4cc(-c5ccc(OC)cc5)sc4C)C(F)(F)C(F)(F)C3(F)F)c(C)s2)cc1. The van der Waals surface area contributed by atoms with Crippen molar-refractivity contribution >= 4 is 57.3 Å². The Morgan fingerprint density at radius 2 is 1.08 bits per heavy atom. The largest absolute Gasteiger partial charge is 0.497 e. The Kier molecular flexibility index (Phi) is 12.2. The van der Waals surface area contributed by atoms with Gasteiger partial charge in [-0.3, -0.25) is 4.79 Å².